The quantitative estimate of drug-likeness (QED) is 0.201. The molecule has 0 aliphatic carbocycles. The van der Waals surface area contributed by atoms with E-state index in [2.05, 4.69) is 25.1 Å². The highest BCUT2D eigenvalue weighted by Crippen LogP contribution is 2.30. The normalized spacial score (nSPS) is 14.3. The highest BCUT2D eigenvalue weighted by atomic mass is 32.2. The molecule has 1 N–H and O–H groups in total. The van der Waals surface area contributed by atoms with Gasteiger partial charge in [-0.1, -0.05) is 55.1 Å². The van der Waals surface area contributed by atoms with Gasteiger partial charge in [0.2, 0.25) is 5.91 Å². The number of unbranched alkanes of at least 4 members (excludes halogenated alkanes) is 1. The number of hydrogen-bond donors (Lipinski definition) is 1. The summed E-state index contributed by atoms with van der Waals surface area (Å²) in [6.07, 6.45) is -0.180. The number of amidine groups is 1. The maximum absolute atomic E-state index is 12.5. The molecule has 1 saturated heterocycles. The first-order valence-electron chi connectivity index (χ1n) is 14.0. The van der Waals surface area contributed by atoms with Crippen molar-refractivity contribution in [1.82, 2.24) is 20.1 Å². The monoisotopic (exact) mass is 622 g/mol. The maximum atomic E-state index is 12.5. The fourth-order valence-electron chi connectivity index (χ4n) is 4.67. The minimum absolute atomic E-state index is 0.0970. The van der Waals surface area contributed by atoms with Gasteiger partial charge in [-0.15, -0.1) is 18.3 Å². The molecule has 3 amide bonds. The predicted octanol–water partition coefficient (Wildman–Crippen LogP) is 6.56. The number of hydrogen-bond acceptors (Lipinski definition) is 6. The summed E-state index contributed by atoms with van der Waals surface area (Å²) in [4.78, 5) is 35.1. The second kappa shape index (κ2) is 13.8. The number of amides is 3. The van der Waals surface area contributed by atoms with E-state index in [1.54, 1.807) is 0 Å². The van der Waals surface area contributed by atoms with Crippen LogP contribution in [-0.2, 0) is 17.6 Å². The molecule has 0 spiro atoms. The second-order valence-corrected chi connectivity index (χ2v) is 10.8. The van der Waals surface area contributed by atoms with Crippen LogP contribution in [0.2, 0.25) is 0 Å². The third-order valence-electron chi connectivity index (χ3n) is 6.76. The summed E-state index contributed by atoms with van der Waals surface area (Å²) in [5.74, 6) is 0.312. The number of halogens is 3. The summed E-state index contributed by atoms with van der Waals surface area (Å²) in [5, 5.41) is 7.66. The van der Waals surface area contributed by atoms with E-state index in [0.717, 1.165) is 48.1 Å². The molecule has 13 heteroatoms. The van der Waals surface area contributed by atoms with Gasteiger partial charge in [0.05, 0.1) is 17.1 Å². The molecule has 0 radical (unpaired) electrons. The summed E-state index contributed by atoms with van der Waals surface area (Å²) in [6, 6.07) is 20.3. The Kier molecular flexibility index (Phi) is 9.63. The molecule has 1 aliphatic heterocycles. The highest BCUT2D eigenvalue weighted by molar-refractivity contribution is 8.15. The zero-order chi connectivity index (χ0) is 31.1. The van der Waals surface area contributed by atoms with E-state index in [9.17, 15) is 22.8 Å². The lowest BCUT2D eigenvalue weighted by Crippen LogP contribution is -2.32. The number of alkyl halides is 3. The lowest BCUT2D eigenvalue weighted by atomic mass is 10.0. The Morgan fingerprint density at radius 1 is 1.07 bits per heavy atom. The summed E-state index contributed by atoms with van der Waals surface area (Å²) >= 11 is 1.26. The number of aliphatic imine (C=N–C) groups is 1. The van der Waals surface area contributed by atoms with Crippen LogP contribution in [0.5, 0.6) is 5.75 Å². The smallest absolute Gasteiger partial charge is 0.406 e. The molecule has 0 bridgehead atoms. The predicted molar refractivity (Wildman–Crippen MR) is 163 cm³/mol. The molecule has 4 aromatic rings. The molecule has 3 aromatic carbocycles. The van der Waals surface area contributed by atoms with Crippen LogP contribution >= 0.6 is 11.8 Å². The topological polar surface area (TPSA) is 102 Å². The second-order valence-electron chi connectivity index (χ2n) is 9.84. The first-order chi connectivity index (χ1) is 21.2. The van der Waals surface area contributed by atoms with Crippen LogP contribution in [-0.4, -0.2) is 50.5 Å². The number of nitrogens with zero attached hydrogens (tertiary/aromatic N) is 5. The van der Waals surface area contributed by atoms with E-state index in [1.807, 2.05) is 55.5 Å². The van der Waals surface area contributed by atoms with Crippen molar-refractivity contribution in [2.75, 3.05) is 17.2 Å². The summed E-state index contributed by atoms with van der Waals surface area (Å²) in [7, 11) is 0. The molecule has 228 valence electrons. The molecule has 44 heavy (non-hydrogen) atoms. The highest BCUT2D eigenvalue weighted by Gasteiger charge is 2.32. The Labute approximate surface area is 256 Å². The van der Waals surface area contributed by atoms with Crippen molar-refractivity contribution in [2.24, 2.45) is 4.99 Å². The van der Waals surface area contributed by atoms with Gasteiger partial charge in [-0.25, -0.2) is 14.5 Å². The largest absolute Gasteiger partial charge is 0.573 e. The van der Waals surface area contributed by atoms with E-state index in [4.69, 9.17) is 0 Å². The van der Waals surface area contributed by atoms with Gasteiger partial charge in [0.15, 0.2) is 11.0 Å². The lowest BCUT2D eigenvalue weighted by Gasteiger charge is -2.19. The lowest BCUT2D eigenvalue weighted by molar-refractivity contribution is -0.274. The van der Waals surface area contributed by atoms with E-state index in [1.165, 1.54) is 51.9 Å². The van der Waals surface area contributed by atoms with Crippen molar-refractivity contribution in [1.29, 1.82) is 0 Å². The Morgan fingerprint density at radius 3 is 2.64 bits per heavy atom. The molecule has 1 fully saturated rings. The van der Waals surface area contributed by atoms with E-state index < -0.39 is 12.4 Å². The Bertz CT molecular complexity index is 1660. The Hall–Kier alpha value is -4.65. The fraction of sp³-hybridized carbons (Fsp3) is 0.258. The number of aryl methyl sites for hydroxylation is 2. The third-order valence-corrected chi connectivity index (χ3v) is 7.68. The van der Waals surface area contributed by atoms with Gasteiger partial charge in [0.1, 0.15) is 12.1 Å². The molecule has 0 saturated carbocycles. The molecule has 0 atom stereocenters. The first-order valence-corrected chi connectivity index (χ1v) is 15.0. The van der Waals surface area contributed by atoms with Crippen molar-refractivity contribution in [3.63, 3.8) is 0 Å². The van der Waals surface area contributed by atoms with Gasteiger partial charge in [-0.3, -0.25) is 9.69 Å². The van der Waals surface area contributed by atoms with Gasteiger partial charge in [-0.2, -0.15) is 4.99 Å². The van der Waals surface area contributed by atoms with Crippen LogP contribution < -0.4 is 15.0 Å². The summed E-state index contributed by atoms with van der Waals surface area (Å²) < 4.78 is 42.6. The first kappa shape index (κ1) is 30.8. The van der Waals surface area contributed by atoms with E-state index >= 15 is 0 Å². The molecule has 9 nitrogen and oxygen atoms in total. The average Bonchev–Trinajstić information content (AvgIpc) is 3.64. The van der Waals surface area contributed by atoms with Crippen molar-refractivity contribution in [3.8, 4) is 22.8 Å². The van der Waals surface area contributed by atoms with Crippen molar-refractivity contribution >= 4 is 34.6 Å². The molecular weight excluding hydrogens is 593 g/mol. The van der Waals surface area contributed by atoms with Crippen molar-refractivity contribution in [2.45, 2.75) is 39.0 Å². The van der Waals surface area contributed by atoms with Crippen LogP contribution in [0.3, 0.4) is 0 Å². The van der Waals surface area contributed by atoms with Crippen LogP contribution in [0.4, 0.5) is 23.7 Å². The van der Waals surface area contributed by atoms with Gasteiger partial charge in [-0.05, 0) is 73.2 Å². The SMILES string of the molecule is CCc1ccccc1N1C(=O)CSC1=NC(=O)NCCCCc1cccc(-c2ncn(-c3ccc(OC(F)(F)F)cc3)n2)c1. The van der Waals surface area contributed by atoms with Crippen molar-refractivity contribution < 1.29 is 27.5 Å². The number of ether oxygens (including phenoxy) is 1. The average molecular weight is 623 g/mol. The number of anilines is 1. The van der Waals surface area contributed by atoms with Crippen molar-refractivity contribution in [3.05, 3.63) is 90.3 Å². The number of para-hydroxylation sites is 1. The molecule has 1 aromatic heterocycles. The standard InChI is InChI=1S/C31H29F3N6O3S/c1-2-22-10-3-4-12-26(22)40-27(41)19-44-30(40)37-29(42)35-17-6-5-8-21-9-7-11-23(18-21)28-36-20-39(38-28)24-13-15-25(16-14-24)43-31(32,33)34/h3-4,7,9-16,18,20H,2,5-6,8,17,19H2,1H3,(H,35,42). The van der Waals surface area contributed by atoms with Gasteiger partial charge in [0, 0.05) is 12.1 Å². The third kappa shape index (κ3) is 7.84. The number of aromatic nitrogens is 3. The summed E-state index contributed by atoms with van der Waals surface area (Å²) in [5.41, 5.74) is 4.19. The van der Waals surface area contributed by atoms with Gasteiger partial charge < -0.3 is 10.1 Å². The molecule has 1 aliphatic rings. The van der Waals surface area contributed by atoms with Crippen LogP contribution in [0.25, 0.3) is 17.1 Å². The molecular formula is C31H29F3N6O3S. The van der Waals surface area contributed by atoms with Gasteiger partial charge >= 0.3 is 12.4 Å². The number of nitrogens with one attached hydrogen (secondary N) is 1. The van der Waals surface area contributed by atoms with E-state index in [-0.39, 0.29) is 17.4 Å². The fourth-order valence-corrected chi connectivity index (χ4v) is 5.53. The maximum Gasteiger partial charge on any atom is 0.573 e. The number of urea groups is 1. The Balaban J connectivity index is 1.11. The molecule has 0 unspecified atom stereocenters. The zero-order valence-corrected chi connectivity index (χ0v) is 24.6. The zero-order valence-electron chi connectivity index (χ0n) is 23.8. The number of carbonyl (C=O) groups excluding carboxylic acids is 2. The van der Waals surface area contributed by atoms with Crippen LogP contribution in [0.1, 0.15) is 30.9 Å². The van der Waals surface area contributed by atoms with E-state index in [0.29, 0.717) is 23.2 Å². The minimum Gasteiger partial charge on any atom is -0.406 e. The van der Waals surface area contributed by atoms with Gasteiger partial charge in [0.25, 0.3) is 0 Å². The van der Waals surface area contributed by atoms with Crippen LogP contribution in [0, 0.1) is 0 Å². The van der Waals surface area contributed by atoms with Crippen LogP contribution in [0.15, 0.2) is 84.1 Å². The number of benzene rings is 3. The molecule has 5 rings (SSSR count). The molecule has 2 heterocycles. The number of thioether (sulfide) groups is 1. The summed E-state index contributed by atoms with van der Waals surface area (Å²) in [6.45, 7) is 2.46. The minimum atomic E-state index is -4.75. The Morgan fingerprint density at radius 2 is 1.86 bits per heavy atom. The number of carbonyl (C=O) groups is 2. The number of rotatable bonds is 10.